The first kappa shape index (κ1) is 20.3. The number of rotatable bonds is 3. The normalized spacial score (nSPS) is 11.6. The molecule has 0 saturated heterocycles. The van der Waals surface area contributed by atoms with E-state index in [-0.39, 0.29) is 0 Å². The zero-order chi connectivity index (χ0) is 23.4. The topological polar surface area (TPSA) is 0 Å². The van der Waals surface area contributed by atoms with Crippen LogP contribution in [0.1, 0.15) is 0 Å². The molecule has 0 N–H and O–H groups in total. The van der Waals surface area contributed by atoms with Crippen LogP contribution in [0.3, 0.4) is 0 Å². The SMILES string of the molecule is Clc1cc(-c2cccc(-c3ccccc3)c2)cc(-c2ccc3ccc4cccc5ccc2c3c45)c1. The summed E-state index contributed by atoms with van der Waals surface area (Å²) >= 11 is 6.71. The van der Waals surface area contributed by atoms with Crippen LogP contribution in [0.4, 0.5) is 0 Å². The molecule has 7 rings (SSSR count). The quantitative estimate of drug-likeness (QED) is 0.228. The Labute approximate surface area is 209 Å². The predicted octanol–water partition coefficient (Wildman–Crippen LogP) is 10.2. The van der Waals surface area contributed by atoms with E-state index in [2.05, 4.69) is 121 Å². The van der Waals surface area contributed by atoms with Crippen molar-refractivity contribution in [2.24, 2.45) is 0 Å². The molecule has 0 amide bonds. The highest BCUT2D eigenvalue weighted by Gasteiger charge is 2.13. The van der Waals surface area contributed by atoms with Gasteiger partial charge in [0.1, 0.15) is 0 Å². The van der Waals surface area contributed by atoms with Crippen molar-refractivity contribution in [1.29, 1.82) is 0 Å². The van der Waals surface area contributed by atoms with E-state index in [1.165, 1.54) is 49.0 Å². The van der Waals surface area contributed by atoms with Gasteiger partial charge in [-0.15, -0.1) is 0 Å². The van der Waals surface area contributed by atoms with Gasteiger partial charge in [0.25, 0.3) is 0 Å². The van der Waals surface area contributed by atoms with Gasteiger partial charge in [0.05, 0.1) is 0 Å². The largest absolute Gasteiger partial charge is 0.0843 e. The van der Waals surface area contributed by atoms with Crippen molar-refractivity contribution in [2.45, 2.75) is 0 Å². The summed E-state index contributed by atoms with van der Waals surface area (Å²) in [5.74, 6) is 0. The minimum Gasteiger partial charge on any atom is -0.0843 e. The van der Waals surface area contributed by atoms with Crippen LogP contribution in [0.15, 0.2) is 127 Å². The standard InChI is InChI=1S/C34H21Cl/c35-30-20-28(27-11-5-10-26(18-27)22-6-2-1-3-7-22)19-29(21-30)31-16-14-25-13-12-23-8-4-9-24-15-17-32(31)34(25)33(23)24/h1-21H. The minimum atomic E-state index is 0.744. The van der Waals surface area contributed by atoms with Crippen LogP contribution in [0.5, 0.6) is 0 Å². The highest BCUT2D eigenvalue weighted by Crippen LogP contribution is 2.41. The maximum absolute atomic E-state index is 6.71. The molecule has 35 heavy (non-hydrogen) atoms. The summed E-state index contributed by atoms with van der Waals surface area (Å²) in [6, 6.07) is 45.5. The summed E-state index contributed by atoms with van der Waals surface area (Å²) < 4.78 is 0. The Morgan fingerprint density at radius 1 is 0.371 bits per heavy atom. The average molecular weight is 465 g/mol. The fraction of sp³-hybridized carbons (Fsp3) is 0. The lowest BCUT2D eigenvalue weighted by molar-refractivity contribution is 1.58. The first-order chi connectivity index (χ1) is 17.2. The van der Waals surface area contributed by atoms with Gasteiger partial charge in [-0.3, -0.25) is 0 Å². The molecule has 0 atom stereocenters. The Morgan fingerprint density at radius 2 is 0.943 bits per heavy atom. The Bertz CT molecular complexity index is 1830. The summed E-state index contributed by atoms with van der Waals surface area (Å²) in [4.78, 5) is 0. The van der Waals surface area contributed by atoms with E-state index in [9.17, 15) is 0 Å². The molecule has 0 fully saturated rings. The van der Waals surface area contributed by atoms with Gasteiger partial charge in [0.15, 0.2) is 0 Å². The summed E-state index contributed by atoms with van der Waals surface area (Å²) in [5.41, 5.74) is 7.04. The van der Waals surface area contributed by atoms with Gasteiger partial charge in [0, 0.05) is 5.02 Å². The van der Waals surface area contributed by atoms with Crippen LogP contribution in [0.25, 0.3) is 65.7 Å². The summed E-state index contributed by atoms with van der Waals surface area (Å²) in [6.45, 7) is 0. The van der Waals surface area contributed by atoms with Crippen LogP contribution in [0.2, 0.25) is 5.02 Å². The van der Waals surface area contributed by atoms with Gasteiger partial charge in [-0.2, -0.15) is 0 Å². The molecular formula is C34H21Cl. The maximum atomic E-state index is 6.71. The van der Waals surface area contributed by atoms with E-state index in [4.69, 9.17) is 11.6 Å². The van der Waals surface area contributed by atoms with Crippen molar-refractivity contribution in [2.75, 3.05) is 0 Å². The molecule has 164 valence electrons. The second kappa shape index (κ2) is 7.98. The van der Waals surface area contributed by atoms with Gasteiger partial charge in [-0.1, -0.05) is 115 Å². The van der Waals surface area contributed by atoms with Crippen molar-refractivity contribution in [3.8, 4) is 33.4 Å². The molecule has 0 radical (unpaired) electrons. The Hall–Kier alpha value is -4.13. The van der Waals surface area contributed by atoms with Gasteiger partial charge in [-0.25, -0.2) is 0 Å². The highest BCUT2D eigenvalue weighted by molar-refractivity contribution is 6.31. The molecule has 0 aliphatic rings. The molecule has 0 saturated carbocycles. The van der Waals surface area contributed by atoms with Crippen LogP contribution in [0, 0.1) is 0 Å². The molecule has 0 aliphatic heterocycles. The van der Waals surface area contributed by atoms with E-state index in [0.717, 1.165) is 21.7 Å². The van der Waals surface area contributed by atoms with Crippen LogP contribution in [-0.4, -0.2) is 0 Å². The number of halogens is 1. The monoisotopic (exact) mass is 464 g/mol. The molecule has 0 heterocycles. The van der Waals surface area contributed by atoms with Gasteiger partial charge in [-0.05, 0) is 90.0 Å². The van der Waals surface area contributed by atoms with Gasteiger partial charge in [0.2, 0.25) is 0 Å². The molecule has 1 heteroatoms. The molecule has 0 aliphatic carbocycles. The smallest absolute Gasteiger partial charge is 0.0418 e. The van der Waals surface area contributed by atoms with E-state index >= 15 is 0 Å². The van der Waals surface area contributed by atoms with Crippen LogP contribution in [-0.2, 0) is 0 Å². The first-order valence-electron chi connectivity index (χ1n) is 11.9. The number of benzene rings is 7. The summed E-state index contributed by atoms with van der Waals surface area (Å²) in [6.07, 6.45) is 0. The Morgan fingerprint density at radius 3 is 1.74 bits per heavy atom. The second-order valence-electron chi connectivity index (χ2n) is 9.14. The van der Waals surface area contributed by atoms with Gasteiger partial charge < -0.3 is 0 Å². The third kappa shape index (κ3) is 3.38. The second-order valence-corrected chi connectivity index (χ2v) is 9.58. The molecule has 0 aromatic heterocycles. The molecule has 7 aromatic rings. The highest BCUT2D eigenvalue weighted by atomic mass is 35.5. The van der Waals surface area contributed by atoms with E-state index in [1.54, 1.807) is 0 Å². The zero-order valence-electron chi connectivity index (χ0n) is 19.0. The van der Waals surface area contributed by atoms with Crippen molar-refractivity contribution < 1.29 is 0 Å². The van der Waals surface area contributed by atoms with E-state index in [1.807, 2.05) is 6.07 Å². The third-order valence-corrected chi connectivity index (χ3v) is 7.26. The molecule has 7 aromatic carbocycles. The Balaban J connectivity index is 1.43. The minimum absolute atomic E-state index is 0.744. The van der Waals surface area contributed by atoms with E-state index < -0.39 is 0 Å². The number of hydrogen-bond donors (Lipinski definition) is 0. The summed E-state index contributed by atoms with van der Waals surface area (Å²) in [7, 11) is 0. The molecule has 0 nitrogen and oxygen atoms in total. The molecule has 0 unspecified atom stereocenters. The zero-order valence-corrected chi connectivity index (χ0v) is 19.8. The van der Waals surface area contributed by atoms with Crippen LogP contribution < -0.4 is 0 Å². The first-order valence-corrected chi connectivity index (χ1v) is 12.3. The van der Waals surface area contributed by atoms with Crippen molar-refractivity contribution >= 4 is 43.9 Å². The maximum Gasteiger partial charge on any atom is 0.0418 e. The fourth-order valence-electron chi connectivity index (χ4n) is 5.41. The van der Waals surface area contributed by atoms with Crippen molar-refractivity contribution in [3.05, 3.63) is 132 Å². The van der Waals surface area contributed by atoms with Crippen molar-refractivity contribution in [1.82, 2.24) is 0 Å². The lowest BCUT2D eigenvalue weighted by Crippen LogP contribution is -1.88. The molecule has 0 bridgehead atoms. The van der Waals surface area contributed by atoms with E-state index in [0.29, 0.717) is 0 Å². The lowest BCUT2D eigenvalue weighted by atomic mass is 9.89. The third-order valence-electron chi connectivity index (χ3n) is 7.04. The summed E-state index contributed by atoms with van der Waals surface area (Å²) in [5, 5.41) is 8.50. The average Bonchev–Trinajstić information content (AvgIpc) is 2.92. The Kier molecular flexibility index (Phi) is 4.62. The van der Waals surface area contributed by atoms with Crippen molar-refractivity contribution in [3.63, 3.8) is 0 Å². The fourth-order valence-corrected chi connectivity index (χ4v) is 5.64. The predicted molar refractivity (Wildman–Crippen MR) is 151 cm³/mol. The molecule has 0 spiro atoms. The van der Waals surface area contributed by atoms with Crippen LogP contribution >= 0.6 is 11.6 Å². The molecular weight excluding hydrogens is 444 g/mol. The lowest BCUT2D eigenvalue weighted by Gasteiger charge is -2.15. The number of hydrogen-bond acceptors (Lipinski definition) is 0. The van der Waals surface area contributed by atoms with Gasteiger partial charge >= 0.3 is 0 Å².